The Kier molecular flexibility index (Phi) is 5.73. The minimum absolute atomic E-state index is 0.568. The Balaban J connectivity index is 1.33. The Morgan fingerprint density at radius 2 is 1.73 bits per heavy atom. The van der Waals surface area contributed by atoms with Crippen LogP contribution in [0.15, 0.2) is 0 Å². The second-order valence-electron chi connectivity index (χ2n) is 12.2. The molecule has 0 spiro atoms. The maximum Gasteiger partial charge on any atom is 0.174 e. The number of nitrogens with one attached hydrogen (secondary N) is 1. The topological polar surface area (TPSA) is 54.5 Å². The first-order valence-electron chi connectivity index (χ1n) is 13.2. The first kappa shape index (κ1) is 20.9. The van der Waals surface area contributed by atoms with Crippen molar-refractivity contribution in [3.63, 3.8) is 0 Å². The molecule has 1 aromatic heterocycles. The van der Waals surface area contributed by atoms with Crippen molar-refractivity contribution in [3.05, 3.63) is 5.82 Å². The average Bonchev–Trinajstić information content (AvgIpc) is 3.29. The van der Waals surface area contributed by atoms with Crippen LogP contribution < -0.4 is 0 Å². The number of tetrazole rings is 1. The first-order chi connectivity index (χ1) is 14.5. The molecular weight excluding hydrogens is 368 g/mol. The van der Waals surface area contributed by atoms with Crippen molar-refractivity contribution in [2.75, 3.05) is 0 Å². The molecule has 0 saturated heterocycles. The van der Waals surface area contributed by atoms with Crippen LogP contribution in [0.4, 0.5) is 0 Å². The molecule has 0 amide bonds. The number of hydrogen-bond acceptors (Lipinski definition) is 3. The largest absolute Gasteiger partial charge is 0.177 e. The third-order valence-electron chi connectivity index (χ3n) is 11.0. The lowest BCUT2D eigenvalue weighted by molar-refractivity contribution is -0.0626. The number of fused-ring (bicyclic) bond motifs is 5. The van der Waals surface area contributed by atoms with E-state index in [1.165, 1.54) is 83.5 Å². The highest BCUT2D eigenvalue weighted by atomic mass is 15.5. The van der Waals surface area contributed by atoms with Gasteiger partial charge >= 0.3 is 0 Å². The molecule has 0 aromatic carbocycles. The van der Waals surface area contributed by atoms with E-state index in [0.29, 0.717) is 10.8 Å². The van der Waals surface area contributed by atoms with Crippen LogP contribution in [0, 0.1) is 46.3 Å². The van der Waals surface area contributed by atoms with Crippen LogP contribution in [-0.4, -0.2) is 20.6 Å². The number of rotatable bonds is 4. The van der Waals surface area contributed by atoms with Crippen LogP contribution >= 0.6 is 0 Å². The van der Waals surface area contributed by atoms with Gasteiger partial charge in [0.15, 0.2) is 5.82 Å². The second-order valence-corrected chi connectivity index (χ2v) is 12.2. The molecule has 30 heavy (non-hydrogen) atoms. The van der Waals surface area contributed by atoms with Crippen molar-refractivity contribution < 1.29 is 0 Å². The Bertz CT molecular complexity index is 702. The van der Waals surface area contributed by atoms with Gasteiger partial charge in [-0.05, 0) is 104 Å². The van der Waals surface area contributed by atoms with Crippen LogP contribution in [-0.2, 0) is 6.42 Å². The summed E-state index contributed by atoms with van der Waals surface area (Å²) in [6.45, 7) is 7.96. The number of hydrogen-bond donors (Lipinski definition) is 1. The molecule has 4 fully saturated rings. The van der Waals surface area contributed by atoms with Gasteiger partial charge in [-0.2, -0.15) is 5.21 Å². The predicted octanol–water partition coefficient (Wildman–Crippen LogP) is 6.60. The predicted molar refractivity (Wildman–Crippen MR) is 121 cm³/mol. The van der Waals surface area contributed by atoms with E-state index >= 15 is 0 Å². The van der Waals surface area contributed by atoms with Crippen LogP contribution in [0.5, 0.6) is 0 Å². The van der Waals surface area contributed by atoms with E-state index in [2.05, 4.69) is 41.4 Å². The minimum Gasteiger partial charge on any atom is -0.177 e. The van der Waals surface area contributed by atoms with Crippen molar-refractivity contribution in [1.29, 1.82) is 0 Å². The summed E-state index contributed by atoms with van der Waals surface area (Å²) in [6, 6.07) is 0. The van der Waals surface area contributed by atoms with Gasteiger partial charge in [-0.3, -0.25) is 0 Å². The van der Waals surface area contributed by atoms with Crippen LogP contribution in [0.1, 0.15) is 110 Å². The molecule has 0 bridgehead atoms. The van der Waals surface area contributed by atoms with E-state index in [0.717, 1.165) is 47.8 Å². The van der Waals surface area contributed by atoms with E-state index in [-0.39, 0.29) is 0 Å². The van der Waals surface area contributed by atoms with Gasteiger partial charge in [0.05, 0.1) is 0 Å². The molecule has 4 nitrogen and oxygen atoms in total. The van der Waals surface area contributed by atoms with Crippen LogP contribution in [0.25, 0.3) is 0 Å². The molecule has 0 radical (unpaired) electrons. The minimum atomic E-state index is 0.568. The molecule has 0 aliphatic heterocycles. The molecule has 1 heterocycles. The fourth-order valence-electron chi connectivity index (χ4n) is 9.50. The summed E-state index contributed by atoms with van der Waals surface area (Å²) in [4.78, 5) is 0. The van der Waals surface area contributed by atoms with E-state index in [9.17, 15) is 0 Å². The molecular formula is C26H44N4. The lowest BCUT2D eigenvalue weighted by Crippen LogP contribution is -2.48. The number of aromatic amines is 1. The molecule has 8 atom stereocenters. The van der Waals surface area contributed by atoms with Gasteiger partial charge in [-0.15, -0.1) is 10.2 Å². The summed E-state index contributed by atoms with van der Waals surface area (Å²) >= 11 is 0. The number of aryl methyl sites for hydroxylation is 1. The maximum atomic E-state index is 4.18. The molecule has 168 valence electrons. The standard InChI is InChI=1S/C26H44N4/c1-18(11-14-24-27-29-30-28-24)21-12-13-22-20-10-7-9-19-8-5-4-6-16-25(19,2)23(20)15-17-26(21,22)3/h18-23H,4-17H2,1-3H3,(H,27,28,29,30)/t18?,19-,20?,21+,22?,23-,25-,26?/m0/s1. The van der Waals surface area contributed by atoms with Crippen molar-refractivity contribution >= 4 is 0 Å². The quantitative estimate of drug-likeness (QED) is 0.606. The van der Waals surface area contributed by atoms with Crippen molar-refractivity contribution in [2.45, 2.75) is 111 Å². The second kappa shape index (κ2) is 8.20. The summed E-state index contributed by atoms with van der Waals surface area (Å²) in [5.74, 6) is 6.55. The lowest BCUT2D eigenvalue weighted by atomic mass is 9.50. The highest BCUT2D eigenvalue weighted by molar-refractivity contribution is 5.08. The highest BCUT2D eigenvalue weighted by Gasteiger charge is 2.58. The van der Waals surface area contributed by atoms with E-state index in [1.54, 1.807) is 0 Å². The van der Waals surface area contributed by atoms with E-state index < -0.39 is 0 Å². The zero-order valence-electron chi connectivity index (χ0n) is 19.7. The van der Waals surface area contributed by atoms with Crippen LogP contribution in [0.3, 0.4) is 0 Å². The van der Waals surface area contributed by atoms with Crippen molar-refractivity contribution in [2.24, 2.45) is 46.3 Å². The van der Waals surface area contributed by atoms with E-state index in [4.69, 9.17) is 0 Å². The number of nitrogens with zero attached hydrogens (tertiary/aromatic N) is 3. The Morgan fingerprint density at radius 3 is 2.57 bits per heavy atom. The molecule has 4 heteroatoms. The fraction of sp³-hybridized carbons (Fsp3) is 0.962. The third kappa shape index (κ3) is 3.45. The SMILES string of the molecule is CC(CCc1nn[nH]n1)[C@H]1CCC2C3CCC[C@@H]4CCCCC[C@]4(C)[C@H]3CCC21C. The van der Waals surface area contributed by atoms with Gasteiger partial charge in [0.25, 0.3) is 0 Å². The molecule has 4 unspecified atom stereocenters. The summed E-state index contributed by atoms with van der Waals surface area (Å²) in [5, 5.41) is 14.7. The summed E-state index contributed by atoms with van der Waals surface area (Å²) in [7, 11) is 0. The first-order valence-corrected chi connectivity index (χ1v) is 13.2. The normalized spacial score (nSPS) is 45.0. The highest BCUT2D eigenvalue weighted by Crippen LogP contribution is 2.67. The Hall–Kier alpha value is -0.930. The molecule has 4 aliphatic rings. The monoisotopic (exact) mass is 412 g/mol. The van der Waals surface area contributed by atoms with Crippen molar-refractivity contribution in [3.8, 4) is 0 Å². The summed E-state index contributed by atoms with van der Waals surface area (Å²) < 4.78 is 0. The van der Waals surface area contributed by atoms with E-state index in [1.807, 2.05) is 0 Å². The summed E-state index contributed by atoms with van der Waals surface area (Å²) in [5.41, 5.74) is 1.21. The molecule has 1 aromatic rings. The fourth-order valence-corrected chi connectivity index (χ4v) is 9.50. The van der Waals surface area contributed by atoms with Gasteiger partial charge < -0.3 is 0 Å². The Morgan fingerprint density at radius 1 is 0.900 bits per heavy atom. The Labute approximate surface area is 183 Å². The maximum absolute atomic E-state index is 4.18. The third-order valence-corrected chi connectivity index (χ3v) is 11.0. The van der Waals surface area contributed by atoms with Gasteiger partial charge in [-0.1, -0.05) is 51.7 Å². The van der Waals surface area contributed by atoms with Gasteiger partial charge in [0.2, 0.25) is 0 Å². The number of aromatic nitrogens is 4. The zero-order valence-corrected chi connectivity index (χ0v) is 19.7. The van der Waals surface area contributed by atoms with Gasteiger partial charge in [0.1, 0.15) is 0 Å². The average molecular weight is 413 g/mol. The van der Waals surface area contributed by atoms with Gasteiger partial charge in [0, 0.05) is 6.42 Å². The molecule has 4 aliphatic carbocycles. The lowest BCUT2D eigenvalue weighted by Gasteiger charge is -2.55. The molecule has 4 saturated carbocycles. The molecule has 5 rings (SSSR count). The van der Waals surface area contributed by atoms with Crippen molar-refractivity contribution in [1.82, 2.24) is 20.6 Å². The number of H-pyrrole nitrogens is 1. The smallest absolute Gasteiger partial charge is 0.174 e. The summed E-state index contributed by atoms with van der Waals surface area (Å²) in [6.07, 6.45) is 20.2. The van der Waals surface area contributed by atoms with Crippen LogP contribution in [0.2, 0.25) is 0 Å². The molecule has 1 N–H and O–H groups in total. The van der Waals surface area contributed by atoms with Gasteiger partial charge in [-0.25, -0.2) is 0 Å². The zero-order chi connectivity index (χ0) is 20.8.